The van der Waals surface area contributed by atoms with Crippen LogP contribution in [0.1, 0.15) is 15.9 Å². The lowest BCUT2D eigenvalue weighted by Crippen LogP contribution is -2.18. The lowest BCUT2D eigenvalue weighted by Gasteiger charge is -2.09. The maximum atomic E-state index is 12.2. The highest BCUT2D eigenvalue weighted by atomic mass is 16.6. The van der Waals surface area contributed by atoms with Crippen molar-refractivity contribution in [2.75, 3.05) is 11.9 Å². The van der Waals surface area contributed by atoms with E-state index < -0.39 is 5.97 Å². The minimum Gasteiger partial charge on any atom is -0.482 e. The van der Waals surface area contributed by atoms with Gasteiger partial charge in [0, 0.05) is 11.3 Å². The second-order valence-electron chi connectivity index (χ2n) is 5.87. The second-order valence-corrected chi connectivity index (χ2v) is 5.87. The number of nitrogens with one attached hydrogen (secondary N) is 1. The number of para-hydroxylation sites is 2. The van der Waals surface area contributed by atoms with E-state index in [4.69, 9.17) is 9.47 Å². The number of esters is 1. The molecule has 0 aliphatic carbocycles. The molecular formula is C22H19NO4. The van der Waals surface area contributed by atoms with Gasteiger partial charge in [-0.1, -0.05) is 36.4 Å². The lowest BCUT2D eigenvalue weighted by molar-refractivity contribution is -0.136. The van der Waals surface area contributed by atoms with Gasteiger partial charge < -0.3 is 14.8 Å². The van der Waals surface area contributed by atoms with Gasteiger partial charge in [0.15, 0.2) is 6.61 Å². The average Bonchev–Trinajstić information content (AvgIpc) is 2.69. The first-order valence-corrected chi connectivity index (χ1v) is 8.47. The maximum Gasteiger partial charge on any atom is 0.349 e. The summed E-state index contributed by atoms with van der Waals surface area (Å²) in [6, 6.07) is 23.0. The molecule has 0 radical (unpaired) electrons. The molecule has 0 aliphatic rings. The highest BCUT2D eigenvalue weighted by molar-refractivity contribution is 6.04. The molecule has 0 unspecified atom stereocenters. The van der Waals surface area contributed by atoms with Gasteiger partial charge in [-0.3, -0.25) is 4.79 Å². The number of amides is 1. The monoisotopic (exact) mass is 361 g/mol. The zero-order chi connectivity index (χ0) is 19.1. The number of hydrogen-bond acceptors (Lipinski definition) is 4. The number of carbonyl (C=O) groups is 2. The van der Waals surface area contributed by atoms with Gasteiger partial charge in [-0.2, -0.15) is 0 Å². The molecule has 0 aliphatic heterocycles. The molecule has 1 amide bonds. The van der Waals surface area contributed by atoms with Crippen LogP contribution in [0.25, 0.3) is 0 Å². The van der Waals surface area contributed by atoms with Gasteiger partial charge in [-0.15, -0.1) is 0 Å². The van der Waals surface area contributed by atoms with E-state index in [1.54, 1.807) is 30.3 Å². The molecule has 0 saturated carbocycles. The number of rotatable bonds is 6. The molecule has 0 heterocycles. The van der Waals surface area contributed by atoms with Gasteiger partial charge in [-0.25, -0.2) is 4.79 Å². The molecule has 0 spiro atoms. The summed E-state index contributed by atoms with van der Waals surface area (Å²) in [6.07, 6.45) is 0. The van der Waals surface area contributed by atoms with Crippen LogP contribution in [0.3, 0.4) is 0 Å². The van der Waals surface area contributed by atoms with Crippen LogP contribution in [0.4, 0.5) is 5.69 Å². The third-order valence-corrected chi connectivity index (χ3v) is 3.82. The minimum atomic E-state index is -0.514. The van der Waals surface area contributed by atoms with Crippen LogP contribution in [-0.4, -0.2) is 18.5 Å². The standard InChI is InChI=1S/C22H19NO4/c1-16-7-5-6-10-20(16)26-15-21(24)27-19-13-11-17(12-14-19)22(25)23-18-8-3-2-4-9-18/h2-14H,15H2,1H3,(H,23,25). The van der Waals surface area contributed by atoms with Crippen molar-refractivity contribution in [1.82, 2.24) is 0 Å². The molecule has 0 fully saturated rings. The predicted molar refractivity (Wildman–Crippen MR) is 103 cm³/mol. The molecular weight excluding hydrogens is 342 g/mol. The molecule has 27 heavy (non-hydrogen) atoms. The van der Waals surface area contributed by atoms with E-state index >= 15 is 0 Å². The zero-order valence-corrected chi connectivity index (χ0v) is 14.8. The summed E-state index contributed by atoms with van der Waals surface area (Å²) in [5.41, 5.74) is 2.13. The smallest absolute Gasteiger partial charge is 0.349 e. The molecule has 5 nitrogen and oxygen atoms in total. The van der Waals surface area contributed by atoms with Crippen molar-refractivity contribution in [2.45, 2.75) is 6.92 Å². The molecule has 3 aromatic carbocycles. The summed E-state index contributed by atoms with van der Waals surface area (Å²) < 4.78 is 10.7. The number of carbonyl (C=O) groups excluding carboxylic acids is 2. The molecule has 5 heteroatoms. The first kappa shape index (κ1) is 18.2. The summed E-state index contributed by atoms with van der Waals surface area (Å²) in [6.45, 7) is 1.71. The summed E-state index contributed by atoms with van der Waals surface area (Å²) in [7, 11) is 0. The quantitative estimate of drug-likeness (QED) is 0.527. The Hall–Kier alpha value is -3.60. The Balaban J connectivity index is 1.53. The van der Waals surface area contributed by atoms with E-state index in [1.807, 2.05) is 55.5 Å². The van der Waals surface area contributed by atoms with Crippen LogP contribution in [0.5, 0.6) is 11.5 Å². The molecule has 3 aromatic rings. The summed E-state index contributed by atoms with van der Waals surface area (Å²) in [4.78, 5) is 24.1. The van der Waals surface area contributed by atoms with Crippen molar-refractivity contribution in [2.24, 2.45) is 0 Å². The first-order valence-electron chi connectivity index (χ1n) is 8.47. The van der Waals surface area contributed by atoms with E-state index in [0.29, 0.717) is 22.7 Å². The van der Waals surface area contributed by atoms with Crippen molar-refractivity contribution in [3.8, 4) is 11.5 Å². The minimum absolute atomic E-state index is 0.193. The van der Waals surface area contributed by atoms with E-state index in [0.717, 1.165) is 5.56 Å². The molecule has 3 rings (SSSR count). The first-order chi connectivity index (χ1) is 13.1. The summed E-state index contributed by atoms with van der Waals surface area (Å²) in [5, 5.41) is 2.80. The number of aryl methyl sites for hydroxylation is 1. The van der Waals surface area contributed by atoms with Crippen LogP contribution in [0, 0.1) is 6.92 Å². The Morgan fingerprint density at radius 2 is 1.52 bits per heavy atom. The van der Waals surface area contributed by atoms with E-state index in [-0.39, 0.29) is 12.5 Å². The van der Waals surface area contributed by atoms with Crippen LogP contribution in [-0.2, 0) is 4.79 Å². The van der Waals surface area contributed by atoms with Crippen molar-refractivity contribution < 1.29 is 19.1 Å². The molecule has 0 atom stereocenters. The highest BCUT2D eigenvalue weighted by Gasteiger charge is 2.10. The SMILES string of the molecule is Cc1ccccc1OCC(=O)Oc1ccc(C(=O)Nc2ccccc2)cc1. The Bertz CT molecular complexity index is 921. The fourth-order valence-electron chi connectivity index (χ4n) is 2.42. The van der Waals surface area contributed by atoms with E-state index in [9.17, 15) is 9.59 Å². The van der Waals surface area contributed by atoms with Gasteiger partial charge in [0.1, 0.15) is 11.5 Å². The third kappa shape index (κ3) is 5.19. The predicted octanol–water partition coefficient (Wildman–Crippen LogP) is 4.23. The van der Waals surface area contributed by atoms with Crippen LogP contribution >= 0.6 is 0 Å². The largest absolute Gasteiger partial charge is 0.482 e. The second kappa shape index (κ2) is 8.67. The van der Waals surface area contributed by atoms with Gasteiger partial charge >= 0.3 is 5.97 Å². The number of anilines is 1. The van der Waals surface area contributed by atoms with Gasteiger partial charge in [-0.05, 0) is 55.0 Å². The number of ether oxygens (including phenoxy) is 2. The van der Waals surface area contributed by atoms with Gasteiger partial charge in [0.05, 0.1) is 0 Å². The lowest BCUT2D eigenvalue weighted by atomic mass is 10.2. The van der Waals surface area contributed by atoms with Crippen LogP contribution in [0.15, 0.2) is 78.9 Å². The van der Waals surface area contributed by atoms with Gasteiger partial charge in [0.2, 0.25) is 0 Å². The maximum absolute atomic E-state index is 12.2. The van der Waals surface area contributed by atoms with E-state index in [2.05, 4.69) is 5.32 Å². The van der Waals surface area contributed by atoms with Crippen LogP contribution < -0.4 is 14.8 Å². The molecule has 136 valence electrons. The third-order valence-electron chi connectivity index (χ3n) is 3.82. The summed E-state index contributed by atoms with van der Waals surface area (Å²) in [5.74, 6) is 0.244. The Morgan fingerprint density at radius 1 is 0.852 bits per heavy atom. The summed E-state index contributed by atoms with van der Waals surface area (Å²) >= 11 is 0. The van der Waals surface area contributed by atoms with Crippen molar-refractivity contribution in [1.29, 1.82) is 0 Å². The molecule has 0 bridgehead atoms. The number of hydrogen-bond donors (Lipinski definition) is 1. The zero-order valence-electron chi connectivity index (χ0n) is 14.8. The molecule has 1 N–H and O–H groups in total. The molecule has 0 saturated heterocycles. The van der Waals surface area contributed by atoms with E-state index in [1.165, 1.54) is 0 Å². The topological polar surface area (TPSA) is 64.6 Å². The van der Waals surface area contributed by atoms with Crippen LogP contribution in [0.2, 0.25) is 0 Å². The normalized spacial score (nSPS) is 10.1. The average molecular weight is 361 g/mol. The Morgan fingerprint density at radius 3 is 2.22 bits per heavy atom. The number of benzene rings is 3. The fraction of sp³-hybridized carbons (Fsp3) is 0.0909. The van der Waals surface area contributed by atoms with Crippen molar-refractivity contribution in [3.05, 3.63) is 90.0 Å². The fourth-order valence-corrected chi connectivity index (χ4v) is 2.42. The Labute approximate surface area is 157 Å². The Kier molecular flexibility index (Phi) is 5.84. The van der Waals surface area contributed by atoms with Crippen molar-refractivity contribution >= 4 is 17.6 Å². The van der Waals surface area contributed by atoms with Crippen molar-refractivity contribution in [3.63, 3.8) is 0 Å². The molecule has 0 aromatic heterocycles. The van der Waals surface area contributed by atoms with Gasteiger partial charge in [0.25, 0.3) is 5.91 Å². The highest BCUT2D eigenvalue weighted by Crippen LogP contribution is 2.17.